The fourth-order valence-electron chi connectivity index (χ4n) is 1.34. The molecule has 0 fully saturated rings. The average Bonchev–Trinajstić information content (AvgIpc) is 2.59. The number of halogens is 1. The maximum Gasteiger partial charge on any atom is 0.250 e. The van der Waals surface area contributed by atoms with Gasteiger partial charge in [-0.05, 0) is 46.3 Å². The zero-order valence-corrected chi connectivity index (χ0v) is 13.5. The molecular formula is C11H18BrNO2S2. The molecule has 1 aromatic heterocycles. The molecule has 0 aliphatic heterocycles. The third-order valence-corrected chi connectivity index (χ3v) is 5.79. The van der Waals surface area contributed by atoms with Gasteiger partial charge in [-0.1, -0.05) is 20.8 Å². The zero-order valence-electron chi connectivity index (χ0n) is 10.3. The van der Waals surface area contributed by atoms with Crippen molar-refractivity contribution in [1.82, 2.24) is 4.72 Å². The summed E-state index contributed by atoms with van der Waals surface area (Å²) in [6.45, 7) is 6.95. The van der Waals surface area contributed by atoms with Gasteiger partial charge in [-0.25, -0.2) is 13.1 Å². The van der Waals surface area contributed by atoms with E-state index in [1.54, 1.807) is 12.1 Å². The number of hydrogen-bond donors (Lipinski definition) is 1. The third-order valence-electron chi connectivity index (χ3n) is 2.21. The Morgan fingerprint density at radius 3 is 2.47 bits per heavy atom. The van der Waals surface area contributed by atoms with Gasteiger partial charge in [-0.3, -0.25) is 0 Å². The second kappa shape index (κ2) is 5.82. The maximum absolute atomic E-state index is 11.8. The molecule has 98 valence electrons. The van der Waals surface area contributed by atoms with Gasteiger partial charge in [0.25, 0.3) is 0 Å². The van der Waals surface area contributed by atoms with Crippen molar-refractivity contribution in [2.45, 2.75) is 37.8 Å². The summed E-state index contributed by atoms with van der Waals surface area (Å²) in [7, 11) is -3.32. The van der Waals surface area contributed by atoms with Crippen LogP contribution in [0.5, 0.6) is 0 Å². The van der Waals surface area contributed by atoms with E-state index in [-0.39, 0.29) is 5.41 Å². The Morgan fingerprint density at radius 1 is 1.35 bits per heavy atom. The van der Waals surface area contributed by atoms with E-state index in [2.05, 4.69) is 41.4 Å². The van der Waals surface area contributed by atoms with Crippen molar-refractivity contribution in [1.29, 1.82) is 0 Å². The largest absolute Gasteiger partial charge is 0.250 e. The average molecular weight is 340 g/mol. The number of thiophene rings is 1. The standard InChI is InChI=1S/C11H18BrNO2S2/c1-11(2,3)7-4-8-13-17(14,15)10-6-5-9(12)16-10/h5-6,13H,4,7-8H2,1-3H3. The molecule has 0 spiro atoms. The lowest BCUT2D eigenvalue weighted by Gasteiger charge is -2.17. The van der Waals surface area contributed by atoms with Crippen LogP contribution in [-0.2, 0) is 10.0 Å². The molecule has 0 atom stereocenters. The van der Waals surface area contributed by atoms with Gasteiger partial charge >= 0.3 is 0 Å². The second-order valence-electron chi connectivity index (χ2n) is 5.12. The summed E-state index contributed by atoms with van der Waals surface area (Å²) in [6, 6.07) is 3.36. The quantitative estimate of drug-likeness (QED) is 0.832. The molecule has 0 bridgehead atoms. The Labute approximate surface area is 116 Å². The smallest absolute Gasteiger partial charge is 0.210 e. The number of nitrogens with one attached hydrogen (secondary N) is 1. The van der Waals surface area contributed by atoms with E-state index >= 15 is 0 Å². The van der Waals surface area contributed by atoms with Gasteiger partial charge < -0.3 is 0 Å². The third kappa shape index (κ3) is 5.50. The number of rotatable bonds is 5. The minimum atomic E-state index is -3.32. The highest BCUT2D eigenvalue weighted by Crippen LogP contribution is 2.26. The molecule has 1 aromatic rings. The van der Waals surface area contributed by atoms with Crippen LogP contribution in [0.2, 0.25) is 0 Å². The van der Waals surface area contributed by atoms with Crippen molar-refractivity contribution in [3.63, 3.8) is 0 Å². The van der Waals surface area contributed by atoms with E-state index in [0.29, 0.717) is 10.8 Å². The molecule has 0 amide bonds. The summed E-state index contributed by atoms with van der Waals surface area (Å²) < 4.78 is 27.5. The Hall–Kier alpha value is 0.0900. The predicted molar refractivity (Wildman–Crippen MR) is 75.9 cm³/mol. The van der Waals surface area contributed by atoms with Crippen LogP contribution in [0, 0.1) is 5.41 Å². The summed E-state index contributed by atoms with van der Waals surface area (Å²) in [6.07, 6.45) is 1.86. The first-order valence-electron chi connectivity index (χ1n) is 5.46. The van der Waals surface area contributed by atoms with Crippen molar-refractivity contribution in [3.05, 3.63) is 15.9 Å². The lowest BCUT2D eigenvalue weighted by Crippen LogP contribution is -2.24. The van der Waals surface area contributed by atoms with Gasteiger partial charge in [0.2, 0.25) is 10.0 Å². The Bertz CT molecular complexity index is 460. The van der Waals surface area contributed by atoms with Crippen molar-refractivity contribution < 1.29 is 8.42 Å². The molecule has 1 heterocycles. The lowest BCUT2D eigenvalue weighted by atomic mass is 9.91. The van der Waals surface area contributed by atoms with E-state index < -0.39 is 10.0 Å². The molecular weight excluding hydrogens is 322 g/mol. The summed E-state index contributed by atoms with van der Waals surface area (Å²) in [5, 5.41) is 0. The first kappa shape index (κ1) is 15.1. The highest BCUT2D eigenvalue weighted by Gasteiger charge is 2.16. The minimum absolute atomic E-state index is 0.247. The molecule has 1 N–H and O–H groups in total. The number of hydrogen-bond acceptors (Lipinski definition) is 3. The zero-order chi connectivity index (χ0) is 13.1. The van der Waals surface area contributed by atoms with Gasteiger partial charge in [0, 0.05) is 6.54 Å². The summed E-state index contributed by atoms with van der Waals surface area (Å²) in [5.41, 5.74) is 0.247. The maximum atomic E-state index is 11.8. The van der Waals surface area contributed by atoms with Gasteiger partial charge in [-0.2, -0.15) is 0 Å². The van der Waals surface area contributed by atoms with Crippen LogP contribution in [0.3, 0.4) is 0 Å². The van der Waals surface area contributed by atoms with Crippen LogP contribution >= 0.6 is 27.3 Å². The van der Waals surface area contributed by atoms with Crippen LogP contribution in [-0.4, -0.2) is 15.0 Å². The molecule has 6 heteroatoms. The van der Waals surface area contributed by atoms with Crippen molar-refractivity contribution >= 4 is 37.3 Å². The SMILES string of the molecule is CC(C)(C)CCCNS(=O)(=O)c1ccc(Br)s1. The molecule has 3 nitrogen and oxygen atoms in total. The van der Waals surface area contributed by atoms with Crippen molar-refractivity contribution in [2.24, 2.45) is 5.41 Å². The molecule has 0 aromatic carbocycles. The van der Waals surface area contributed by atoms with Crippen LogP contribution in [0.25, 0.3) is 0 Å². The molecule has 0 aliphatic carbocycles. The van der Waals surface area contributed by atoms with Crippen LogP contribution < -0.4 is 4.72 Å². The van der Waals surface area contributed by atoms with E-state index in [1.165, 1.54) is 11.3 Å². The monoisotopic (exact) mass is 339 g/mol. The summed E-state index contributed by atoms with van der Waals surface area (Å²) in [5.74, 6) is 0. The Balaban J connectivity index is 2.46. The molecule has 0 saturated heterocycles. The van der Waals surface area contributed by atoms with Crippen molar-refractivity contribution in [2.75, 3.05) is 6.54 Å². The van der Waals surface area contributed by atoms with Gasteiger partial charge in [-0.15, -0.1) is 11.3 Å². The first-order chi connectivity index (χ1) is 7.71. The molecule has 0 radical (unpaired) electrons. The second-order valence-corrected chi connectivity index (χ2v) is 9.58. The van der Waals surface area contributed by atoms with Gasteiger partial charge in [0.15, 0.2) is 0 Å². The Morgan fingerprint density at radius 2 is 2.00 bits per heavy atom. The summed E-state index contributed by atoms with van der Waals surface area (Å²) >= 11 is 4.48. The highest BCUT2D eigenvalue weighted by atomic mass is 79.9. The van der Waals surface area contributed by atoms with E-state index in [9.17, 15) is 8.42 Å². The van der Waals surface area contributed by atoms with Gasteiger partial charge in [0.1, 0.15) is 4.21 Å². The molecule has 17 heavy (non-hydrogen) atoms. The van der Waals surface area contributed by atoms with Crippen LogP contribution in [0.4, 0.5) is 0 Å². The highest BCUT2D eigenvalue weighted by molar-refractivity contribution is 9.11. The van der Waals surface area contributed by atoms with E-state index in [0.717, 1.165) is 16.6 Å². The minimum Gasteiger partial charge on any atom is -0.210 e. The number of sulfonamides is 1. The van der Waals surface area contributed by atoms with E-state index in [1.807, 2.05) is 0 Å². The van der Waals surface area contributed by atoms with Crippen LogP contribution in [0.15, 0.2) is 20.1 Å². The molecule has 0 aliphatic rings. The summed E-state index contributed by atoms with van der Waals surface area (Å²) in [4.78, 5) is 0. The molecule has 1 rings (SSSR count). The van der Waals surface area contributed by atoms with Gasteiger partial charge in [0.05, 0.1) is 3.79 Å². The first-order valence-corrected chi connectivity index (χ1v) is 8.55. The Kier molecular flexibility index (Phi) is 5.19. The normalized spacial score (nSPS) is 12.9. The topological polar surface area (TPSA) is 46.2 Å². The fourth-order valence-corrected chi connectivity index (χ4v) is 4.47. The lowest BCUT2D eigenvalue weighted by molar-refractivity contribution is 0.365. The molecule has 0 unspecified atom stereocenters. The molecule has 0 saturated carbocycles. The van der Waals surface area contributed by atoms with Crippen molar-refractivity contribution in [3.8, 4) is 0 Å². The van der Waals surface area contributed by atoms with E-state index in [4.69, 9.17) is 0 Å². The van der Waals surface area contributed by atoms with Crippen LogP contribution in [0.1, 0.15) is 33.6 Å². The fraction of sp³-hybridized carbons (Fsp3) is 0.636. The predicted octanol–water partition coefficient (Wildman–Crippen LogP) is 3.62.